The predicted octanol–water partition coefficient (Wildman–Crippen LogP) is 3.83. The molecule has 0 aliphatic carbocycles. The molecule has 7 fully saturated rings. The van der Waals surface area contributed by atoms with E-state index in [0.717, 1.165) is 56.9 Å². The second-order valence-electron chi connectivity index (χ2n) is 21.7. The van der Waals surface area contributed by atoms with Crippen LogP contribution in [0.5, 0.6) is 0 Å². The summed E-state index contributed by atoms with van der Waals surface area (Å²) in [4.78, 5) is 63.1. The molecule has 4 amide bonds. The van der Waals surface area contributed by atoms with Crippen molar-refractivity contribution in [2.75, 3.05) is 26.4 Å². The zero-order valence-electron chi connectivity index (χ0n) is 43.2. The summed E-state index contributed by atoms with van der Waals surface area (Å²) in [5.41, 5.74) is 3.15. The van der Waals surface area contributed by atoms with Gasteiger partial charge in [0.2, 0.25) is 23.6 Å². The summed E-state index contributed by atoms with van der Waals surface area (Å²) in [6.45, 7) is 15.5. The van der Waals surface area contributed by atoms with Crippen LogP contribution in [0.2, 0.25) is 0 Å². The molecular weight excluding hydrogens is 941 g/mol. The maximum atomic E-state index is 13.6. The first-order valence-corrected chi connectivity index (χ1v) is 26.9. The Labute approximate surface area is 430 Å². The lowest BCUT2D eigenvalue weighted by Gasteiger charge is -2.46. The lowest BCUT2D eigenvalue weighted by molar-refractivity contribution is -0.265. The molecule has 5 N–H and O–H groups in total. The molecule has 18 atom stereocenters. The van der Waals surface area contributed by atoms with Crippen LogP contribution in [-0.4, -0.2) is 159 Å². The maximum Gasteiger partial charge on any atom is 0.243 e. The lowest BCUT2D eigenvalue weighted by atomic mass is 9.86. The third-order valence-electron chi connectivity index (χ3n) is 16.1. The van der Waals surface area contributed by atoms with Gasteiger partial charge in [-0.2, -0.15) is 0 Å². The Hall–Kier alpha value is -4.11. The number of aliphatic hydroxyl groups is 1. The van der Waals surface area contributed by atoms with Crippen LogP contribution in [0.1, 0.15) is 117 Å². The van der Waals surface area contributed by atoms with Crippen molar-refractivity contribution >= 4 is 29.4 Å². The average Bonchev–Trinajstić information content (AvgIpc) is 3.98. The molecule has 7 saturated heterocycles. The van der Waals surface area contributed by atoms with Crippen LogP contribution in [0, 0.1) is 11.8 Å². The Kier molecular flexibility index (Phi) is 19.3. The van der Waals surface area contributed by atoms with Gasteiger partial charge in [-0.05, 0) is 107 Å². The SMILES string of the molecule is C=C1C[C@H](CCCC2OC3C4O[C@H]5CC[C@H](CC(=O)C[C@@H]6C[C@@H](C[C@H](O)CNC(=O)CNC(=O)[C@H](Cc7ccccc7)NC(=O)CNC(C)=O)O[C@H]6C)O[C@@H]5[C@@H]3OCOC24)O[C@H]1CC[C@H]1C[C@@H](C)C(=C)[C@@H](C)O1. The van der Waals surface area contributed by atoms with Gasteiger partial charge < -0.3 is 64.3 Å². The minimum atomic E-state index is -0.991. The van der Waals surface area contributed by atoms with Crippen LogP contribution in [0.15, 0.2) is 54.6 Å². The Balaban J connectivity index is 0.718. The van der Waals surface area contributed by atoms with Crippen molar-refractivity contribution in [3.05, 3.63) is 60.2 Å². The molecule has 8 rings (SSSR count). The van der Waals surface area contributed by atoms with Crippen LogP contribution < -0.4 is 21.3 Å². The van der Waals surface area contributed by atoms with Crippen LogP contribution in [0.25, 0.3) is 0 Å². The maximum absolute atomic E-state index is 13.6. The van der Waals surface area contributed by atoms with Gasteiger partial charge in [-0.3, -0.25) is 24.0 Å². The molecule has 0 spiro atoms. The Morgan fingerprint density at radius 2 is 1.49 bits per heavy atom. The third-order valence-corrected chi connectivity index (χ3v) is 16.1. The number of rotatable bonds is 23. The Morgan fingerprint density at radius 1 is 0.726 bits per heavy atom. The number of hydrogen-bond acceptors (Lipinski definition) is 14. The Morgan fingerprint density at radius 3 is 2.27 bits per heavy atom. The fourth-order valence-electron chi connectivity index (χ4n) is 12.1. The second-order valence-corrected chi connectivity index (χ2v) is 21.7. The summed E-state index contributed by atoms with van der Waals surface area (Å²) in [5.74, 6) is -1.50. The topological polar surface area (TPSA) is 228 Å². The van der Waals surface area contributed by atoms with Crippen molar-refractivity contribution in [1.82, 2.24) is 21.3 Å². The van der Waals surface area contributed by atoms with Crippen LogP contribution >= 0.6 is 0 Å². The van der Waals surface area contributed by atoms with E-state index in [4.69, 9.17) is 37.9 Å². The number of nitrogens with one attached hydrogen (secondary N) is 4. The molecule has 1 aromatic carbocycles. The van der Waals surface area contributed by atoms with Crippen LogP contribution in [-0.2, 0) is 68.3 Å². The number of fused-ring (bicyclic) bond motifs is 2. The molecule has 404 valence electrons. The number of carbonyl (C=O) groups is 5. The molecule has 73 heavy (non-hydrogen) atoms. The molecule has 0 saturated carbocycles. The molecule has 4 bridgehead atoms. The van der Waals surface area contributed by atoms with Gasteiger partial charge in [-0.25, -0.2) is 0 Å². The van der Waals surface area contributed by atoms with E-state index < -0.39 is 29.9 Å². The highest BCUT2D eigenvalue weighted by molar-refractivity contribution is 5.92. The molecule has 0 aromatic heterocycles. The van der Waals surface area contributed by atoms with Gasteiger partial charge in [0, 0.05) is 39.2 Å². The zero-order valence-corrected chi connectivity index (χ0v) is 43.2. The van der Waals surface area contributed by atoms with Crippen LogP contribution in [0.3, 0.4) is 0 Å². The summed E-state index contributed by atoms with van der Waals surface area (Å²) >= 11 is 0. The molecule has 18 nitrogen and oxygen atoms in total. The quantitative estimate of drug-likeness (QED) is 0.0983. The summed E-state index contributed by atoms with van der Waals surface area (Å²) in [5, 5.41) is 21.1. The number of aliphatic hydroxyl groups excluding tert-OH is 1. The number of ether oxygens (including phenoxy) is 8. The van der Waals surface area contributed by atoms with E-state index in [9.17, 15) is 29.1 Å². The van der Waals surface area contributed by atoms with Crippen molar-refractivity contribution in [3.8, 4) is 0 Å². The van der Waals surface area contributed by atoms with Crippen molar-refractivity contribution in [1.29, 1.82) is 0 Å². The monoisotopic (exact) mass is 1020 g/mol. The summed E-state index contributed by atoms with van der Waals surface area (Å²) in [6.07, 6.45) is 6.43. The van der Waals surface area contributed by atoms with Crippen molar-refractivity contribution in [2.24, 2.45) is 11.8 Å². The zero-order chi connectivity index (χ0) is 51.8. The fourth-order valence-corrected chi connectivity index (χ4v) is 12.1. The molecule has 7 aliphatic rings. The lowest BCUT2D eigenvalue weighted by Crippen LogP contribution is -2.61. The van der Waals surface area contributed by atoms with Crippen molar-refractivity contribution in [2.45, 2.75) is 215 Å². The average molecular weight is 1020 g/mol. The highest BCUT2D eigenvalue weighted by Crippen LogP contribution is 2.45. The van der Waals surface area contributed by atoms with Gasteiger partial charge in [-0.15, -0.1) is 0 Å². The molecule has 7 aliphatic heterocycles. The van der Waals surface area contributed by atoms with E-state index in [1.165, 1.54) is 18.1 Å². The van der Waals surface area contributed by atoms with Gasteiger partial charge in [0.1, 0.15) is 49.1 Å². The highest BCUT2D eigenvalue weighted by Gasteiger charge is 2.60. The van der Waals surface area contributed by atoms with Gasteiger partial charge in [0.15, 0.2) is 0 Å². The van der Waals surface area contributed by atoms with E-state index in [1.54, 1.807) is 0 Å². The molecule has 1 aromatic rings. The van der Waals surface area contributed by atoms with Gasteiger partial charge >= 0.3 is 0 Å². The Bertz CT molecular complexity index is 2080. The molecule has 0 radical (unpaired) electrons. The standard InChI is InChI=1S/C55H80N4O14/c1-30-19-41(68-33(4)32(30)3)15-17-45-31(2)20-40(70-45)13-10-14-46-50-53-54(72-46)52(67-29-66-50)51-47(73-53)18-16-42(71-51)24-38(61)22-37-23-43(69-34(37)5)25-39(62)26-57-48(63)27-58-55(65)44(21-36-11-8-7-9-12-36)59-49(64)28-56-35(6)60/h7-9,11-12,30,33-34,37,39-47,50-54,62H,2-3,10,13-29H2,1,4-6H3,(H,56,60)(H,57,63)(H,58,65)(H,59,64)/t30-,33-,34+,37-,39+,40+,41+,42-,43+,44+,45+,46?,47+,50?,51+,52+,53?,54?/m1/s1. The second kappa shape index (κ2) is 25.6. The van der Waals surface area contributed by atoms with E-state index in [0.29, 0.717) is 25.2 Å². The van der Waals surface area contributed by atoms with Crippen LogP contribution in [0.4, 0.5) is 0 Å². The minimum Gasteiger partial charge on any atom is -0.391 e. The normalized spacial score (nSPS) is 35.6. The summed E-state index contributed by atoms with van der Waals surface area (Å²) in [7, 11) is 0. The van der Waals surface area contributed by atoms with Crippen molar-refractivity contribution < 1.29 is 67.0 Å². The minimum absolute atomic E-state index is 0.0355. The molecule has 7 heterocycles. The van der Waals surface area contributed by atoms with E-state index in [1.807, 2.05) is 37.3 Å². The predicted molar refractivity (Wildman–Crippen MR) is 267 cm³/mol. The molecule has 18 heteroatoms. The number of ketones is 1. The molecular formula is C55H80N4O14. The van der Waals surface area contributed by atoms with Gasteiger partial charge in [0.05, 0.1) is 74.1 Å². The van der Waals surface area contributed by atoms with Gasteiger partial charge in [0.25, 0.3) is 0 Å². The number of hydrogen-bond donors (Lipinski definition) is 5. The number of Topliss-reactive ketones (excluding diaryl/α,β-unsaturated/α-hetero) is 1. The number of amides is 4. The first-order chi connectivity index (χ1) is 35.1. The van der Waals surface area contributed by atoms with Crippen molar-refractivity contribution in [3.63, 3.8) is 0 Å². The highest BCUT2D eigenvalue weighted by atomic mass is 16.7. The first-order valence-electron chi connectivity index (χ1n) is 26.9. The number of carbonyl (C=O) groups excluding carboxylic acids is 5. The third kappa shape index (κ3) is 14.8. The summed E-state index contributed by atoms with van der Waals surface area (Å²) in [6, 6.07) is 8.10. The molecule has 4 unspecified atom stereocenters. The van der Waals surface area contributed by atoms with E-state index >= 15 is 0 Å². The fraction of sp³-hybridized carbons (Fsp3) is 0.727. The largest absolute Gasteiger partial charge is 0.391 e. The van der Waals surface area contributed by atoms with E-state index in [-0.39, 0.29) is 149 Å². The smallest absolute Gasteiger partial charge is 0.243 e. The van der Waals surface area contributed by atoms with E-state index in [2.05, 4.69) is 48.3 Å². The summed E-state index contributed by atoms with van der Waals surface area (Å²) < 4.78 is 51.5. The first kappa shape index (κ1) is 55.1. The van der Waals surface area contributed by atoms with Gasteiger partial charge in [-0.1, -0.05) is 50.4 Å². The number of benzene rings is 1.